The molecule has 1 atom stereocenters. The van der Waals surface area contributed by atoms with Crippen LogP contribution in [0.4, 0.5) is 18.9 Å². The lowest BCUT2D eigenvalue weighted by atomic mass is 10.1. The lowest BCUT2D eigenvalue weighted by Gasteiger charge is -2.31. The van der Waals surface area contributed by atoms with E-state index in [0.717, 1.165) is 17.8 Å². The second-order valence-electron chi connectivity index (χ2n) is 7.05. The minimum absolute atomic E-state index is 0.0343. The lowest BCUT2D eigenvalue weighted by Crippen LogP contribution is -2.41. The molecule has 1 saturated heterocycles. The third kappa shape index (κ3) is 6.35. The summed E-state index contributed by atoms with van der Waals surface area (Å²) < 4.78 is 45.7. The summed E-state index contributed by atoms with van der Waals surface area (Å²) in [5.41, 5.74) is 0.0511. The molecule has 0 bridgehead atoms. The first-order valence-corrected chi connectivity index (χ1v) is 10.7. The van der Waals surface area contributed by atoms with Gasteiger partial charge in [-0.05, 0) is 37.1 Å². The van der Waals surface area contributed by atoms with E-state index in [0.29, 0.717) is 31.8 Å². The molecule has 2 heterocycles. The van der Waals surface area contributed by atoms with Gasteiger partial charge in [-0.2, -0.15) is 13.2 Å². The first kappa shape index (κ1) is 25.5. The second kappa shape index (κ2) is 11.7. The van der Waals surface area contributed by atoms with E-state index in [1.807, 2.05) is 13.8 Å². The third-order valence-corrected chi connectivity index (χ3v) is 5.18. The number of hydrogen-bond acceptors (Lipinski definition) is 5. The fourth-order valence-corrected chi connectivity index (χ4v) is 3.63. The quantitative estimate of drug-likeness (QED) is 0.683. The Morgan fingerprint density at radius 3 is 2.53 bits per heavy atom. The van der Waals surface area contributed by atoms with Crippen molar-refractivity contribution < 1.29 is 27.8 Å². The van der Waals surface area contributed by atoms with Crippen molar-refractivity contribution in [2.75, 3.05) is 31.1 Å². The van der Waals surface area contributed by atoms with Crippen LogP contribution in [0.5, 0.6) is 5.75 Å². The van der Waals surface area contributed by atoms with E-state index >= 15 is 0 Å². The number of carbonyl (C=O) groups is 1. The molecule has 1 aromatic carbocycles. The number of halogens is 3. The summed E-state index contributed by atoms with van der Waals surface area (Å²) in [6, 6.07) is 7.50. The molecule has 1 aliphatic heterocycles. The molecule has 6 nitrogen and oxygen atoms in total. The van der Waals surface area contributed by atoms with Crippen molar-refractivity contribution in [3.05, 3.63) is 53.9 Å². The number of aliphatic hydroxyl groups excluding tert-OH is 1. The maximum atomic E-state index is 13.4. The maximum Gasteiger partial charge on any atom is 0.418 e. The van der Waals surface area contributed by atoms with E-state index in [9.17, 15) is 18.0 Å². The topological polar surface area (TPSA) is 65.9 Å². The summed E-state index contributed by atoms with van der Waals surface area (Å²) in [7, 11) is 0. The van der Waals surface area contributed by atoms with E-state index in [-0.39, 0.29) is 30.9 Å². The number of aromatic nitrogens is 1. The van der Waals surface area contributed by atoms with Gasteiger partial charge in [-0.3, -0.25) is 9.78 Å². The van der Waals surface area contributed by atoms with Gasteiger partial charge in [0.1, 0.15) is 5.75 Å². The number of amides is 1. The first-order chi connectivity index (χ1) is 15.3. The molecule has 0 radical (unpaired) electrons. The molecule has 1 unspecified atom stereocenters. The van der Waals surface area contributed by atoms with E-state index in [4.69, 9.17) is 9.84 Å². The molecule has 1 amide bonds. The van der Waals surface area contributed by atoms with Crippen LogP contribution in [0.15, 0.2) is 42.7 Å². The number of carbonyl (C=O) groups excluding carboxylic acids is 1. The molecule has 0 spiro atoms. The lowest BCUT2D eigenvalue weighted by molar-refractivity contribution is -0.137. The van der Waals surface area contributed by atoms with E-state index in [1.165, 1.54) is 6.20 Å². The van der Waals surface area contributed by atoms with E-state index in [1.54, 1.807) is 41.0 Å². The highest BCUT2D eigenvalue weighted by Gasteiger charge is 2.37. The minimum atomic E-state index is -4.47. The van der Waals surface area contributed by atoms with Crippen molar-refractivity contribution in [2.24, 2.45) is 0 Å². The summed E-state index contributed by atoms with van der Waals surface area (Å²) in [6.07, 6.45) is -1.54. The van der Waals surface area contributed by atoms with Gasteiger partial charge in [-0.25, -0.2) is 0 Å². The van der Waals surface area contributed by atoms with Crippen molar-refractivity contribution in [3.8, 4) is 5.75 Å². The van der Waals surface area contributed by atoms with Crippen molar-refractivity contribution >= 4 is 11.6 Å². The predicted octanol–water partition coefficient (Wildman–Crippen LogP) is 4.13. The number of alkyl halides is 3. The number of pyridine rings is 1. The predicted molar refractivity (Wildman–Crippen MR) is 116 cm³/mol. The summed E-state index contributed by atoms with van der Waals surface area (Å²) in [4.78, 5) is 19.7. The van der Waals surface area contributed by atoms with Crippen molar-refractivity contribution in [1.82, 2.24) is 9.88 Å². The highest BCUT2D eigenvalue weighted by Crippen LogP contribution is 2.37. The Labute approximate surface area is 186 Å². The average Bonchev–Trinajstić information content (AvgIpc) is 3.29. The van der Waals surface area contributed by atoms with Crippen LogP contribution in [-0.2, 0) is 17.6 Å². The Balaban J connectivity index is 0.00000176. The summed E-state index contributed by atoms with van der Waals surface area (Å²) in [5.74, 6) is 0.290. The molecule has 2 aromatic rings. The summed E-state index contributed by atoms with van der Waals surface area (Å²) in [6.45, 7) is 6.71. The number of benzene rings is 1. The van der Waals surface area contributed by atoms with Crippen LogP contribution in [-0.4, -0.2) is 53.2 Å². The minimum Gasteiger partial charge on any atom is -0.484 e. The monoisotopic (exact) mass is 453 g/mol. The van der Waals surface area contributed by atoms with E-state index < -0.39 is 11.7 Å². The van der Waals surface area contributed by atoms with Gasteiger partial charge in [-0.1, -0.05) is 26.0 Å². The van der Waals surface area contributed by atoms with Gasteiger partial charge in [-0.15, -0.1) is 0 Å². The molecule has 0 aliphatic carbocycles. The smallest absolute Gasteiger partial charge is 0.418 e. The van der Waals surface area contributed by atoms with Gasteiger partial charge in [0.2, 0.25) is 0 Å². The molecule has 1 aliphatic rings. The summed E-state index contributed by atoms with van der Waals surface area (Å²) >= 11 is 0. The number of likely N-dealkylation sites (tertiary alicyclic amines) is 1. The third-order valence-electron chi connectivity index (χ3n) is 5.18. The Kier molecular flexibility index (Phi) is 9.31. The first-order valence-electron chi connectivity index (χ1n) is 10.7. The fourth-order valence-electron chi connectivity index (χ4n) is 3.63. The number of nitrogens with zero attached hydrogens (tertiary/aromatic N) is 3. The molecule has 1 fully saturated rings. The van der Waals surface area contributed by atoms with Gasteiger partial charge < -0.3 is 19.6 Å². The van der Waals surface area contributed by atoms with Crippen LogP contribution in [0.3, 0.4) is 0 Å². The number of anilines is 1. The van der Waals surface area contributed by atoms with Crippen LogP contribution < -0.4 is 9.64 Å². The Bertz CT molecular complexity index is 860. The van der Waals surface area contributed by atoms with Crippen LogP contribution in [0.1, 0.15) is 38.3 Å². The molecular formula is C23H30F3N3O3. The zero-order valence-corrected chi connectivity index (χ0v) is 18.6. The Morgan fingerprint density at radius 2 is 1.94 bits per heavy atom. The van der Waals surface area contributed by atoms with Crippen LogP contribution in [0.2, 0.25) is 0 Å². The van der Waals surface area contributed by atoms with Crippen molar-refractivity contribution in [1.29, 1.82) is 0 Å². The molecule has 176 valence electrons. The molecule has 0 saturated carbocycles. The van der Waals surface area contributed by atoms with Crippen LogP contribution >= 0.6 is 0 Å². The molecule has 3 rings (SSSR count). The standard InChI is InChI=1S/C21H24F3N3O3.C2H6/c1-2-27(19-11-25-9-7-18(19)21(22,23)24)16-8-10-26(12-16)20(29)14-30-17-5-3-15(13-28)4-6-17;1-2/h3-7,9,11,16,28H,2,8,10,12-14H2,1H3;1-2H3. The van der Waals surface area contributed by atoms with Gasteiger partial charge in [0.25, 0.3) is 5.91 Å². The number of rotatable bonds is 7. The van der Waals surface area contributed by atoms with E-state index in [2.05, 4.69) is 4.98 Å². The molecule has 32 heavy (non-hydrogen) atoms. The molecule has 1 N–H and O–H groups in total. The molecule has 9 heteroatoms. The van der Waals surface area contributed by atoms with Crippen molar-refractivity contribution in [2.45, 2.75) is 46.0 Å². The van der Waals surface area contributed by atoms with Gasteiger partial charge in [0.05, 0.1) is 24.1 Å². The number of likely N-dealkylation sites (N-methyl/N-ethyl adjacent to an activating group) is 1. The summed E-state index contributed by atoms with van der Waals surface area (Å²) in [5, 5.41) is 9.05. The SMILES string of the molecule is CC.CCN(c1cnccc1C(F)(F)F)C1CCN(C(=O)COc2ccc(CO)cc2)C1. The normalized spacial score (nSPS) is 15.7. The van der Waals surface area contributed by atoms with Gasteiger partial charge in [0.15, 0.2) is 6.61 Å². The zero-order valence-electron chi connectivity index (χ0n) is 18.6. The second-order valence-corrected chi connectivity index (χ2v) is 7.05. The highest BCUT2D eigenvalue weighted by molar-refractivity contribution is 5.78. The maximum absolute atomic E-state index is 13.4. The fraction of sp³-hybridized carbons (Fsp3) is 0.478. The largest absolute Gasteiger partial charge is 0.484 e. The van der Waals surface area contributed by atoms with Gasteiger partial charge >= 0.3 is 6.18 Å². The number of hydrogen-bond donors (Lipinski definition) is 1. The number of ether oxygens (including phenoxy) is 1. The number of aliphatic hydroxyl groups is 1. The Morgan fingerprint density at radius 1 is 1.25 bits per heavy atom. The molecule has 1 aromatic heterocycles. The zero-order chi connectivity index (χ0) is 23.7. The van der Waals surface area contributed by atoms with Crippen LogP contribution in [0.25, 0.3) is 0 Å². The van der Waals surface area contributed by atoms with Gasteiger partial charge in [0, 0.05) is 31.9 Å². The van der Waals surface area contributed by atoms with Crippen molar-refractivity contribution in [3.63, 3.8) is 0 Å². The average molecular weight is 454 g/mol. The Hall–Kier alpha value is -2.81. The highest BCUT2D eigenvalue weighted by atomic mass is 19.4. The molecular weight excluding hydrogens is 423 g/mol. The van der Waals surface area contributed by atoms with Crippen LogP contribution in [0, 0.1) is 0 Å².